The molecule has 0 radical (unpaired) electrons. The molecule has 1 saturated heterocycles. The number of rotatable bonds is 11. The number of nitrogens with zero attached hydrogens (tertiary/aromatic N) is 1. The van der Waals surface area contributed by atoms with Crippen LogP contribution in [0.3, 0.4) is 0 Å². The van der Waals surface area contributed by atoms with Crippen LogP contribution in [0.15, 0.2) is 66.2 Å². The van der Waals surface area contributed by atoms with Gasteiger partial charge in [0, 0.05) is 19.6 Å². The van der Waals surface area contributed by atoms with Gasteiger partial charge in [-0.15, -0.1) is 0 Å². The van der Waals surface area contributed by atoms with Crippen molar-refractivity contribution in [3.05, 3.63) is 100 Å². The van der Waals surface area contributed by atoms with Crippen molar-refractivity contribution in [3.63, 3.8) is 0 Å². The Kier molecular flexibility index (Phi) is 10.2. The second kappa shape index (κ2) is 14.0. The zero-order chi connectivity index (χ0) is 28.5. The third-order valence-corrected chi connectivity index (χ3v) is 6.91. The van der Waals surface area contributed by atoms with Crippen molar-refractivity contribution in [1.82, 2.24) is 4.90 Å². The van der Waals surface area contributed by atoms with Gasteiger partial charge in [0.1, 0.15) is 5.82 Å². The van der Waals surface area contributed by atoms with Gasteiger partial charge in [0.05, 0.1) is 26.7 Å². The highest BCUT2D eigenvalue weighted by atomic mass is 19.2. The number of methoxy groups -OCH3 is 1. The molecule has 1 fully saturated rings. The average Bonchev–Trinajstić information content (AvgIpc) is 2.95. The van der Waals surface area contributed by atoms with Crippen LogP contribution in [0, 0.1) is 17.5 Å². The third kappa shape index (κ3) is 7.66. The predicted molar refractivity (Wildman–Crippen MR) is 148 cm³/mol. The van der Waals surface area contributed by atoms with E-state index in [1.54, 1.807) is 44.4 Å². The van der Waals surface area contributed by atoms with Crippen LogP contribution >= 0.6 is 0 Å². The molecule has 1 aliphatic heterocycles. The number of hydrogen-bond acceptors (Lipinski definition) is 5. The first-order valence-corrected chi connectivity index (χ1v) is 13.5. The van der Waals surface area contributed by atoms with Gasteiger partial charge in [0.25, 0.3) is 0 Å². The van der Waals surface area contributed by atoms with Gasteiger partial charge in [0.2, 0.25) is 0 Å². The van der Waals surface area contributed by atoms with Crippen molar-refractivity contribution >= 4 is 11.5 Å². The standard InChI is InChI=1S/C32H34F3NO4/c1-3-39-31(37)20-22-5-12-29(30(19-22)38-2)40-18-4-15-36-16-13-24(14-17-36)32(23-6-9-26(33)10-7-23)25-8-11-27(34)28(35)21-25/h5-12,19,21H,3-4,13-18,20H2,1-2H3. The Bertz CT molecular complexity index is 1330. The van der Waals surface area contributed by atoms with Crippen molar-refractivity contribution in [3.8, 4) is 11.5 Å². The molecule has 0 amide bonds. The summed E-state index contributed by atoms with van der Waals surface area (Å²) in [6.45, 7) is 5.09. The number of hydrogen-bond donors (Lipinski definition) is 0. The van der Waals surface area contributed by atoms with Gasteiger partial charge in [-0.3, -0.25) is 4.79 Å². The van der Waals surface area contributed by atoms with Crippen molar-refractivity contribution in [2.75, 3.05) is 40.0 Å². The highest BCUT2D eigenvalue weighted by molar-refractivity contribution is 5.82. The number of carbonyl (C=O) groups is 1. The molecule has 1 heterocycles. The Labute approximate surface area is 233 Å². The molecule has 0 atom stereocenters. The molecule has 0 bridgehead atoms. The lowest BCUT2D eigenvalue weighted by atomic mass is 9.88. The lowest BCUT2D eigenvalue weighted by Crippen LogP contribution is -2.32. The minimum absolute atomic E-state index is 0.175. The number of ether oxygens (including phenoxy) is 3. The van der Waals surface area contributed by atoms with Crippen LogP contribution in [0.25, 0.3) is 5.57 Å². The van der Waals surface area contributed by atoms with Crippen LogP contribution in [-0.2, 0) is 16.0 Å². The van der Waals surface area contributed by atoms with E-state index in [4.69, 9.17) is 14.2 Å². The zero-order valence-electron chi connectivity index (χ0n) is 22.9. The molecule has 0 aliphatic carbocycles. The molecule has 0 aromatic heterocycles. The molecule has 0 saturated carbocycles. The molecule has 0 unspecified atom stereocenters. The largest absolute Gasteiger partial charge is 0.493 e. The van der Waals surface area contributed by atoms with Crippen LogP contribution in [0.4, 0.5) is 13.2 Å². The van der Waals surface area contributed by atoms with Crippen LogP contribution in [0.2, 0.25) is 0 Å². The number of likely N-dealkylation sites (tertiary alicyclic amines) is 1. The summed E-state index contributed by atoms with van der Waals surface area (Å²) in [6.07, 6.45) is 2.51. The number of piperidine rings is 1. The summed E-state index contributed by atoms with van der Waals surface area (Å²) in [4.78, 5) is 14.1. The fourth-order valence-corrected chi connectivity index (χ4v) is 4.93. The molecule has 1 aliphatic rings. The Morgan fingerprint density at radius 2 is 1.60 bits per heavy atom. The summed E-state index contributed by atoms with van der Waals surface area (Å²) < 4.78 is 57.7. The Balaban J connectivity index is 1.34. The van der Waals surface area contributed by atoms with E-state index in [1.807, 2.05) is 6.07 Å². The van der Waals surface area contributed by atoms with Crippen molar-refractivity contribution in [1.29, 1.82) is 0 Å². The summed E-state index contributed by atoms with van der Waals surface area (Å²) in [7, 11) is 1.57. The lowest BCUT2D eigenvalue weighted by Gasteiger charge is -2.30. The first kappa shape index (κ1) is 29.2. The highest BCUT2D eigenvalue weighted by Crippen LogP contribution is 2.33. The smallest absolute Gasteiger partial charge is 0.310 e. The monoisotopic (exact) mass is 553 g/mol. The van der Waals surface area contributed by atoms with Gasteiger partial charge in [-0.1, -0.05) is 29.8 Å². The summed E-state index contributed by atoms with van der Waals surface area (Å²) >= 11 is 0. The molecule has 0 N–H and O–H groups in total. The molecule has 0 spiro atoms. The molecule has 212 valence electrons. The Hall–Kier alpha value is -3.78. The topological polar surface area (TPSA) is 48.0 Å². The van der Waals surface area contributed by atoms with E-state index in [-0.39, 0.29) is 18.2 Å². The molecule has 3 aromatic carbocycles. The number of benzene rings is 3. The number of halogens is 3. The molecule has 4 rings (SSSR count). The third-order valence-electron chi connectivity index (χ3n) is 6.91. The van der Waals surface area contributed by atoms with Crippen molar-refractivity contribution in [2.45, 2.75) is 32.6 Å². The van der Waals surface area contributed by atoms with E-state index in [1.165, 1.54) is 18.2 Å². The van der Waals surface area contributed by atoms with Crippen LogP contribution in [0.5, 0.6) is 11.5 Å². The Morgan fingerprint density at radius 3 is 2.27 bits per heavy atom. The SMILES string of the molecule is CCOC(=O)Cc1ccc(OCCCN2CCC(=C(c3ccc(F)cc3)c3ccc(F)c(F)c3)CC2)c(OC)c1. The summed E-state index contributed by atoms with van der Waals surface area (Å²) in [5, 5.41) is 0. The van der Waals surface area contributed by atoms with Crippen molar-refractivity contribution in [2.24, 2.45) is 0 Å². The van der Waals surface area contributed by atoms with E-state index in [2.05, 4.69) is 4.90 Å². The van der Waals surface area contributed by atoms with Crippen LogP contribution in [-0.4, -0.2) is 50.8 Å². The summed E-state index contributed by atoms with van der Waals surface area (Å²) in [5.41, 5.74) is 4.14. The number of carbonyl (C=O) groups excluding carboxylic acids is 1. The Morgan fingerprint density at radius 1 is 0.875 bits per heavy atom. The minimum atomic E-state index is -0.902. The normalized spacial score (nSPS) is 13.7. The molecule has 8 heteroatoms. The van der Waals surface area contributed by atoms with Crippen molar-refractivity contribution < 1.29 is 32.2 Å². The summed E-state index contributed by atoms with van der Waals surface area (Å²) in [5.74, 6) is -1.24. The predicted octanol–water partition coefficient (Wildman–Crippen LogP) is 6.58. The molecular formula is C32H34F3NO4. The van der Waals surface area contributed by atoms with E-state index in [0.717, 1.165) is 67.2 Å². The highest BCUT2D eigenvalue weighted by Gasteiger charge is 2.20. The molecule has 5 nitrogen and oxygen atoms in total. The van der Waals surface area contributed by atoms with Gasteiger partial charge in [-0.25, -0.2) is 13.2 Å². The van der Waals surface area contributed by atoms with E-state index >= 15 is 0 Å². The fourth-order valence-electron chi connectivity index (χ4n) is 4.93. The second-order valence-electron chi connectivity index (χ2n) is 9.62. The van der Waals surface area contributed by atoms with Crippen LogP contribution in [0.1, 0.15) is 42.9 Å². The first-order valence-electron chi connectivity index (χ1n) is 13.5. The lowest BCUT2D eigenvalue weighted by molar-refractivity contribution is -0.142. The minimum Gasteiger partial charge on any atom is -0.493 e. The first-order chi connectivity index (χ1) is 19.4. The second-order valence-corrected chi connectivity index (χ2v) is 9.62. The quantitative estimate of drug-likeness (QED) is 0.198. The van der Waals surface area contributed by atoms with Gasteiger partial charge >= 0.3 is 5.97 Å². The van der Waals surface area contributed by atoms with E-state index < -0.39 is 11.6 Å². The molecular weight excluding hydrogens is 519 g/mol. The molecule has 40 heavy (non-hydrogen) atoms. The summed E-state index contributed by atoms with van der Waals surface area (Å²) in [6, 6.07) is 15.5. The average molecular weight is 554 g/mol. The van der Waals surface area contributed by atoms with Gasteiger partial charge in [0.15, 0.2) is 23.1 Å². The number of esters is 1. The maximum Gasteiger partial charge on any atom is 0.310 e. The maximum absolute atomic E-state index is 14.1. The molecule has 3 aromatic rings. The zero-order valence-corrected chi connectivity index (χ0v) is 22.9. The van der Waals surface area contributed by atoms with Gasteiger partial charge < -0.3 is 19.1 Å². The fraction of sp³-hybridized carbons (Fsp3) is 0.344. The van der Waals surface area contributed by atoms with Gasteiger partial charge in [-0.05, 0) is 84.8 Å². The van der Waals surface area contributed by atoms with E-state index in [9.17, 15) is 18.0 Å². The van der Waals surface area contributed by atoms with Crippen LogP contribution < -0.4 is 9.47 Å². The maximum atomic E-state index is 14.1. The van der Waals surface area contributed by atoms with E-state index in [0.29, 0.717) is 30.3 Å². The van der Waals surface area contributed by atoms with Gasteiger partial charge in [-0.2, -0.15) is 0 Å².